The van der Waals surface area contributed by atoms with E-state index in [-0.39, 0.29) is 11.8 Å². The molecule has 5 nitrogen and oxygen atoms in total. The van der Waals surface area contributed by atoms with Crippen LogP contribution >= 0.6 is 11.8 Å². The number of hydrogen-bond acceptors (Lipinski definition) is 4. The van der Waals surface area contributed by atoms with Gasteiger partial charge in [0.05, 0.1) is 12.0 Å². The quantitative estimate of drug-likeness (QED) is 0.793. The van der Waals surface area contributed by atoms with E-state index >= 15 is 0 Å². The van der Waals surface area contributed by atoms with Gasteiger partial charge in [-0.3, -0.25) is 9.59 Å². The first-order valence-electron chi connectivity index (χ1n) is 8.38. The van der Waals surface area contributed by atoms with E-state index in [1.807, 2.05) is 22.8 Å². The summed E-state index contributed by atoms with van der Waals surface area (Å²) in [6.45, 7) is 5.14. The van der Waals surface area contributed by atoms with Crippen molar-refractivity contribution < 1.29 is 14.0 Å². The normalized spacial score (nSPS) is 19.3. The summed E-state index contributed by atoms with van der Waals surface area (Å²) in [7, 11) is 0. The summed E-state index contributed by atoms with van der Waals surface area (Å²) in [5, 5.41) is 0. The lowest BCUT2D eigenvalue weighted by molar-refractivity contribution is -0.139. The maximum atomic E-state index is 12.4. The molecule has 6 heteroatoms. The topological polar surface area (TPSA) is 53.8 Å². The zero-order valence-corrected chi connectivity index (χ0v) is 14.4. The third-order valence-corrected chi connectivity index (χ3v) is 5.90. The molecular formula is C17H24N2O3S. The van der Waals surface area contributed by atoms with Crippen LogP contribution in [0.1, 0.15) is 31.4 Å². The van der Waals surface area contributed by atoms with Gasteiger partial charge in [-0.2, -0.15) is 0 Å². The standard InChI is InChI=1S/C17H24N2O3S/c1-13-15(6-11-22-13)23-12-16(20)18-9-4-14(5-10-18)17(21)19-7-2-3-8-19/h6,11,14H,2-5,7-10,12H2,1H3. The van der Waals surface area contributed by atoms with Crippen molar-refractivity contribution in [3.8, 4) is 0 Å². The van der Waals surface area contributed by atoms with Crippen LogP contribution in [0.25, 0.3) is 0 Å². The molecule has 0 aliphatic carbocycles. The zero-order chi connectivity index (χ0) is 16.2. The summed E-state index contributed by atoms with van der Waals surface area (Å²) in [6.07, 6.45) is 5.52. The van der Waals surface area contributed by atoms with Crippen molar-refractivity contribution in [1.82, 2.24) is 9.80 Å². The van der Waals surface area contributed by atoms with Crippen molar-refractivity contribution in [1.29, 1.82) is 0 Å². The fourth-order valence-corrected chi connectivity index (χ4v) is 4.19. The Morgan fingerprint density at radius 1 is 1.17 bits per heavy atom. The minimum Gasteiger partial charge on any atom is -0.468 e. The summed E-state index contributed by atoms with van der Waals surface area (Å²) in [4.78, 5) is 29.6. The van der Waals surface area contributed by atoms with Crippen molar-refractivity contribution in [2.45, 2.75) is 37.5 Å². The lowest BCUT2D eigenvalue weighted by atomic mass is 9.95. The number of aryl methyl sites for hydroxylation is 1. The van der Waals surface area contributed by atoms with Crippen LogP contribution in [0.5, 0.6) is 0 Å². The molecule has 2 aliphatic rings. The summed E-state index contributed by atoms with van der Waals surface area (Å²) in [5.41, 5.74) is 0. The van der Waals surface area contributed by atoms with Crippen LogP contribution in [0.2, 0.25) is 0 Å². The maximum absolute atomic E-state index is 12.4. The maximum Gasteiger partial charge on any atom is 0.232 e. The molecule has 0 bridgehead atoms. The highest BCUT2D eigenvalue weighted by molar-refractivity contribution is 8.00. The van der Waals surface area contributed by atoms with Gasteiger partial charge in [-0.1, -0.05) is 0 Å². The van der Waals surface area contributed by atoms with Crippen molar-refractivity contribution in [2.75, 3.05) is 31.9 Å². The fourth-order valence-electron chi connectivity index (χ4n) is 3.33. The largest absolute Gasteiger partial charge is 0.468 e. The smallest absolute Gasteiger partial charge is 0.232 e. The molecule has 2 saturated heterocycles. The van der Waals surface area contributed by atoms with Crippen molar-refractivity contribution in [3.63, 3.8) is 0 Å². The minimum atomic E-state index is 0.112. The fraction of sp³-hybridized carbons (Fsp3) is 0.647. The van der Waals surface area contributed by atoms with Crippen molar-refractivity contribution in [3.05, 3.63) is 18.1 Å². The Morgan fingerprint density at radius 2 is 1.87 bits per heavy atom. The first-order chi connectivity index (χ1) is 11.1. The summed E-state index contributed by atoms with van der Waals surface area (Å²) < 4.78 is 5.24. The van der Waals surface area contributed by atoms with Gasteiger partial charge in [-0.25, -0.2) is 0 Å². The summed E-state index contributed by atoms with van der Waals surface area (Å²) in [6, 6.07) is 1.90. The molecule has 1 aromatic heterocycles. The van der Waals surface area contributed by atoms with Gasteiger partial charge in [-0.05, 0) is 38.7 Å². The Bertz CT molecular complexity index is 558. The number of furan rings is 1. The Balaban J connectivity index is 1.44. The Labute approximate surface area is 141 Å². The van der Waals surface area contributed by atoms with E-state index in [9.17, 15) is 9.59 Å². The molecule has 3 rings (SSSR count). The number of piperidine rings is 1. The predicted molar refractivity (Wildman–Crippen MR) is 89.3 cm³/mol. The second kappa shape index (κ2) is 7.43. The van der Waals surface area contributed by atoms with Crippen LogP contribution in [-0.2, 0) is 9.59 Å². The van der Waals surface area contributed by atoms with E-state index in [2.05, 4.69) is 0 Å². The number of hydrogen-bond donors (Lipinski definition) is 0. The van der Waals surface area contributed by atoms with Crippen molar-refractivity contribution >= 4 is 23.6 Å². The average Bonchev–Trinajstić information content (AvgIpc) is 3.24. The van der Waals surface area contributed by atoms with Gasteiger partial charge in [0.1, 0.15) is 5.76 Å². The van der Waals surface area contributed by atoms with Crippen molar-refractivity contribution in [2.24, 2.45) is 5.92 Å². The van der Waals surface area contributed by atoms with Gasteiger partial charge in [0.25, 0.3) is 0 Å². The molecule has 2 amide bonds. The monoisotopic (exact) mass is 336 g/mol. The van der Waals surface area contributed by atoms with E-state index in [0.29, 0.717) is 24.7 Å². The number of carbonyl (C=O) groups is 2. The first-order valence-corrected chi connectivity index (χ1v) is 9.37. The molecule has 0 spiro atoms. The first kappa shape index (κ1) is 16.4. The van der Waals surface area contributed by atoms with E-state index < -0.39 is 0 Å². The van der Waals surface area contributed by atoms with Gasteiger partial charge >= 0.3 is 0 Å². The number of thioether (sulfide) groups is 1. The van der Waals surface area contributed by atoms with Gasteiger partial charge in [0, 0.05) is 37.0 Å². The predicted octanol–water partition coefficient (Wildman–Crippen LogP) is 2.54. The lowest BCUT2D eigenvalue weighted by Gasteiger charge is -2.33. The highest BCUT2D eigenvalue weighted by Gasteiger charge is 2.31. The number of amides is 2. The van der Waals surface area contributed by atoms with Gasteiger partial charge in [0.2, 0.25) is 11.8 Å². The molecule has 2 aliphatic heterocycles. The lowest BCUT2D eigenvalue weighted by Crippen LogP contribution is -2.44. The average molecular weight is 336 g/mol. The molecule has 3 heterocycles. The van der Waals surface area contributed by atoms with Crippen LogP contribution in [0, 0.1) is 12.8 Å². The summed E-state index contributed by atoms with van der Waals surface area (Å²) in [5.74, 6) is 1.87. The SMILES string of the molecule is Cc1occc1SCC(=O)N1CCC(C(=O)N2CCCC2)CC1. The number of carbonyl (C=O) groups excluding carboxylic acids is 2. The number of rotatable bonds is 4. The van der Waals surface area contributed by atoms with Crippen LogP contribution in [0.15, 0.2) is 21.6 Å². The molecule has 2 fully saturated rings. The second-order valence-corrected chi connectivity index (χ2v) is 7.33. The number of likely N-dealkylation sites (tertiary alicyclic amines) is 2. The van der Waals surface area contributed by atoms with Crippen LogP contribution < -0.4 is 0 Å². The Kier molecular flexibility index (Phi) is 5.30. The third kappa shape index (κ3) is 3.91. The molecule has 23 heavy (non-hydrogen) atoms. The third-order valence-electron chi connectivity index (χ3n) is 4.78. The second-order valence-electron chi connectivity index (χ2n) is 6.32. The zero-order valence-electron chi connectivity index (χ0n) is 13.6. The molecule has 126 valence electrons. The van der Waals surface area contributed by atoms with E-state index in [1.54, 1.807) is 6.26 Å². The molecule has 0 unspecified atom stereocenters. The van der Waals surface area contributed by atoms with E-state index in [1.165, 1.54) is 11.8 Å². The highest BCUT2D eigenvalue weighted by Crippen LogP contribution is 2.25. The van der Waals surface area contributed by atoms with E-state index in [4.69, 9.17) is 4.42 Å². The highest BCUT2D eigenvalue weighted by atomic mass is 32.2. The molecule has 0 N–H and O–H groups in total. The van der Waals surface area contributed by atoms with Gasteiger partial charge in [0.15, 0.2) is 0 Å². The Morgan fingerprint density at radius 3 is 2.48 bits per heavy atom. The molecule has 0 saturated carbocycles. The van der Waals surface area contributed by atoms with Crippen LogP contribution in [0.3, 0.4) is 0 Å². The molecule has 0 atom stereocenters. The van der Waals surface area contributed by atoms with Gasteiger partial charge in [-0.15, -0.1) is 11.8 Å². The van der Waals surface area contributed by atoms with Gasteiger partial charge < -0.3 is 14.2 Å². The van der Waals surface area contributed by atoms with Crippen LogP contribution in [-0.4, -0.2) is 53.5 Å². The Hall–Kier alpha value is -1.43. The molecular weight excluding hydrogens is 312 g/mol. The molecule has 1 aromatic rings. The van der Waals surface area contributed by atoms with E-state index in [0.717, 1.165) is 49.4 Å². The molecule has 0 radical (unpaired) electrons. The number of nitrogens with zero attached hydrogens (tertiary/aromatic N) is 2. The summed E-state index contributed by atoms with van der Waals surface area (Å²) >= 11 is 1.52. The minimum absolute atomic E-state index is 0.112. The molecule has 0 aromatic carbocycles. The van der Waals surface area contributed by atoms with Crippen LogP contribution in [0.4, 0.5) is 0 Å².